The van der Waals surface area contributed by atoms with Crippen molar-refractivity contribution in [2.45, 2.75) is 32.5 Å². The maximum Gasteiger partial charge on any atom is 0.387 e. The van der Waals surface area contributed by atoms with Gasteiger partial charge in [0.05, 0.1) is 5.60 Å². The summed E-state index contributed by atoms with van der Waals surface area (Å²) < 4.78 is 28.0. The molecule has 1 aromatic carbocycles. The molecule has 5 heteroatoms. The molecule has 0 amide bonds. The Bertz CT molecular complexity index is 333. The molecule has 0 aliphatic heterocycles. The van der Waals surface area contributed by atoms with Gasteiger partial charge in [0.25, 0.3) is 0 Å². The van der Waals surface area contributed by atoms with Crippen LogP contribution in [0.3, 0.4) is 0 Å². The fourth-order valence-electron chi connectivity index (χ4n) is 1.27. The molecule has 0 unspecified atom stereocenters. The molecule has 0 bridgehead atoms. The number of rotatable bonds is 6. The Morgan fingerprint density at radius 3 is 2.35 bits per heavy atom. The first-order valence-corrected chi connectivity index (χ1v) is 5.38. The molecule has 0 aromatic heterocycles. The van der Waals surface area contributed by atoms with Crippen molar-refractivity contribution >= 4 is 5.69 Å². The number of anilines is 1. The van der Waals surface area contributed by atoms with E-state index < -0.39 is 12.2 Å². The van der Waals surface area contributed by atoms with Crippen LogP contribution in [0, 0.1) is 0 Å². The predicted octanol–water partition coefficient (Wildman–Crippen LogP) is 2.86. The van der Waals surface area contributed by atoms with Gasteiger partial charge in [-0.05, 0) is 44.5 Å². The van der Waals surface area contributed by atoms with Crippen LogP contribution in [0.4, 0.5) is 14.5 Å². The number of nitrogens with one attached hydrogen (secondary N) is 1. The van der Waals surface area contributed by atoms with Crippen molar-refractivity contribution < 1.29 is 18.6 Å². The van der Waals surface area contributed by atoms with E-state index in [1.807, 2.05) is 0 Å². The quantitative estimate of drug-likeness (QED) is 0.809. The number of alkyl halides is 2. The van der Waals surface area contributed by atoms with Crippen molar-refractivity contribution in [1.82, 2.24) is 0 Å². The van der Waals surface area contributed by atoms with E-state index >= 15 is 0 Å². The molecule has 17 heavy (non-hydrogen) atoms. The highest BCUT2D eigenvalue weighted by molar-refractivity contribution is 5.46. The molecule has 0 heterocycles. The van der Waals surface area contributed by atoms with Crippen molar-refractivity contribution in [2.75, 3.05) is 11.9 Å². The van der Waals surface area contributed by atoms with Gasteiger partial charge < -0.3 is 15.2 Å². The van der Waals surface area contributed by atoms with Gasteiger partial charge in [-0.3, -0.25) is 0 Å². The molecule has 1 rings (SSSR count). The van der Waals surface area contributed by atoms with Gasteiger partial charge in [0, 0.05) is 12.2 Å². The summed E-state index contributed by atoms with van der Waals surface area (Å²) in [6.07, 6.45) is 0.599. The zero-order valence-electron chi connectivity index (χ0n) is 9.91. The molecule has 1 aromatic rings. The maximum absolute atomic E-state index is 11.9. The molecule has 0 fully saturated rings. The molecule has 0 aliphatic carbocycles. The second-order valence-corrected chi connectivity index (χ2v) is 4.39. The van der Waals surface area contributed by atoms with E-state index in [0.29, 0.717) is 13.0 Å². The van der Waals surface area contributed by atoms with Crippen LogP contribution < -0.4 is 10.1 Å². The van der Waals surface area contributed by atoms with Crippen molar-refractivity contribution in [3.63, 3.8) is 0 Å². The highest BCUT2D eigenvalue weighted by atomic mass is 19.3. The smallest absolute Gasteiger partial charge is 0.387 e. The van der Waals surface area contributed by atoms with Gasteiger partial charge in [0.2, 0.25) is 0 Å². The summed E-state index contributed by atoms with van der Waals surface area (Å²) in [4.78, 5) is 0. The Morgan fingerprint density at radius 2 is 1.88 bits per heavy atom. The zero-order valence-corrected chi connectivity index (χ0v) is 9.91. The lowest BCUT2D eigenvalue weighted by molar-refractivity contribution is -0.0498. The van der Waals surface area contributed by atoms with E-state index in [-0.39, 0.29) is 5.75 Å². The van der Waals surface area contributed by atoms with Gasteiger partial charge in [-0.1, -0.05) is 0 Å². The van der Waals surface area contributed by atoms with Crippen LogP contribution in [0.15, 0.2) is 24.3 Å². The topological polar surface area (TPSA) is 41.5 Å². The summed E-state index contributed by atoms with van der Waals surface area (Å²) in [7, 11) is 0. The van der Waals surface area contributed by atoms with Crippen molar-refractivity contribution in [3.8, 4) is 5.75 Å². The third-order valence-corrected chi connectivity index (χ3v) is 2.15. The molecule has 96 valence electrons. The van der Waals surface area contributed by atoms with Crippen molar-refractivity contribution in [1.29, 1.82) is 0 Å². The predicted molar refractivity (Wildman–Crippen MR) is 62.5 cm³/mol. The van der Waals surface area contributed by atoms with Gasteiger partial charge in [-0.2, -0.15) is 8.78 Å². The summed E-state index contributed by atoms with van der Waals surface area (Å²) in [5.74, 6) is 0.132. The molecule has 0 radical (unpaired) electrons. The molecule has 3 nitrogen and oxygen atoms in total. The fraction of sp³-hybridized carbons (Fsp3) is 0.500. The second-order valence-electron chi connectivity index (χ2n) is 4.39. The molecular formula is C12H17F2NO2. The van der Waals surface area contributed by atoms with E-state index in [2.05, 4.69) is 10.1 Å². The van der Waals surface area contributed by atoms with Gasteiger partial charge >= 0.3 is 6.61 Å². The van der Waals surface area contributed by atoms with Crippen molar-refractivity contribution in [2.24, 2.45) is 0 Å². The van der Waals surface area contributed by atoms with E-state index in [1.54, 1.807) is 26.0 Å². The van der Waals surface area contributed by atoms with Crippen LogP contribution in [0.5, 0.6) is 5.75 Å². The Kier molecular flexibility index (Phi) is 4.69. The van der Waals surface area contributed by atoms with Gasteiger partial charge in [-0.15, -0.1) is 0 Å². The molecule has 0 aliphatic rings. The third-order valence-electron chi connectivity index (χ3n) is 2.15. The first-order valence-electron chi connectivity index (χ1n) is 5.38. The van der Waals surface area contributed by atoms with Gasteiger partial charge in [-0.25, -0.2) is 0 Å². The number of ether oxygens (including phenoxy) is 1. The van der Waals surface area contributed by atoms with Crippen LogP contribution in [0.1, 0.15) is 20.3 Å². The van der Waals surface area contributed by atoms with Gasteiger partial charge in [0.15, 0.2) is 0 Å². The SMILES string of the molecule is CC(C)(O)CCNc1ccc(OC(F)F)cc1. The van der Waals surface area contributed by atoms with E-state index in [1.165, 1.54) is 12.1 Å². The Balaban J connectivity index is 2.40. The number of hydrogen-bond acceptors (Lipinski definition) is 3. The average molecular weight is 245 g/mol. The highest BCUT2D eigenvalue weighted by Crippen LogP contribution is 2.18. The average Bonchev–Trinajstić information content (AvgIpc) is 2.18. The zero-order chi connectivity index (χ0) is 12.9. The monoisotopic (exact) mass is 245 g/mol. The van der Waals surface area contributed by atoms with E-state index in [9.17, 15) is 13.9 Å². The van der Waals surface area contributed by atoms with Crippen LogP contribution in [-0.4, -0.2) is 23.9 Å². The van der Waals surface area contributed by atoms with Gasteiger partial charge in [0.1, 0.15) is 5.75 Å². The maximum atomic E-state index is 11.9. The Hall–Kier alpha value is -1.36. The number of halogens is 2. The minimum absolute atomic E-state index is 0.132. The van der Waals surface area contributed by atoms with Crippen LogP contribution in [0.25, 0.3) is 0 Å². The van der Waals surface area contributed by atoms with E-state index in [4.69, 9.17) is 0 Å². The Labute approximate surface area is 99.4 Å². The fourth-order valence-corrected chi connectivity index (χ4v) is 1.27. The van der Waals surface area contributed by atoms with Crippen molar-refractivity contribution in [3.05, 3.63) is 24.3 Å². The minimum atomic E-state index is -2.80. The number of aliphatic hydroxyl groups is 1. The first-order chi connectivity index (χ1) is 7.87. The van der Waals surface area contributed by atoms with Crippen LogP contribution in [-0.2, 0) is 0 Å². The lowest BCUT2D eigenvalue weighted by atomic mass is 10.1. The summed E-state index contributed by atoms with van der Waals surface area (Å²) >= 11 is 0. The second kappa shape index (κ2) is 5.82. The van der Waals surface area contributed by atoms with Crippen LogP contribution >= 0.6 is 0 Å². The standard InChI is InChI=1S/C12H17F2NO2/c1-12(2,16)7-8-15-9-3-5-10(6-4-9)17-11(13)14/h3-6,11,15-16H,7-8H2,1-2H3. The number of hydrogen-bond donors (Lipinski definition) is 2. The summed E-state index contributed by atoms with van der Waals surface area (Å²) in [6, 6.07) is 6.25. The number of benzene rings is 1. The summed E-state index contributed by atoms with van der Waals surface area (Å²) in [5, 5.41) is 12.6. The van der Waals surface area contributed by atoms with E-state index in [0.717, 1.165) is 5.69 Å². The van der Waals surface area contributed by atoms with Crippen LogP contribution in [0.2, 0.25) is 0 Å². The molecule has 2 N–H and O–H groups in total. The largest absolute Gasteiger partial charge is 0.435 e. The molecule has 0 saturated carbocycles. The molecule has 0 saturated heterocycles. The third kappa shape index (κ3) is 6.06. The lowest BCUT2D eigenvalue weighted by Gasteiger charge is -2.17. The molecular weight excluding hydrogens is 228 g/mol. The Morgan fingerprint density at radius 1 is 1.29 bits per heavy atom. The molecule has 0 atom stereocenters. The normalized spacial score (nSPS) is 11.6. The minimum Gasteiger partial charge on any atom is -0.435 e. The summed E-state index contributed by atoms with van der Waals surface area (Å²) in [5.41, 5.74) is 0.0852. The highest BCUT2D eigenvalue weighted by Gasteiger charge is 2.11. The molecule has 0 spiro atoms. The summed E-state index contributed by atoms with van der Waals surface area (Å²) in [6.45, 7) is 1.27. The lowest BCUT2D eigenvalue weighted by Crippen LogP contribution is -2.22. The first kappa shape index (κ1) is 13.7.